The number of aromatic carboxylic acids is 1. The lowest BCUT2D eigenvalue weighted by molar-refractivity contribution is -0.132. The van der Waals surface area contributed by atoms with Gasteiger partial charge in [0, 0.05) is 11.8 Å². The molecule has 0 saturated carbocycles. The summed E-state index contributed by atoms with van der Waals surface area (Å²) in [5.74, 6) is -2.39. The van der Waals surface area contributed by atoms with Gasteiger partial charge >= 0.3 is 11.9 Å². The van der Waals surface area contributed by atoms with Crippen LogP contribution >= 0.6 is 11.3 Å². The number of fused-ring (bicyclic) bond motifs is 1. The van der Waals surface area contributed by atoms with E-state index >= 15 is 0 Å². The maximum absolute atomic E-state index is 13.5. The number of carbonyl (C=O) groups excluding carboxylic acids is 2. The highest BCUT2D eigenvalue weighted by Crippen LogP contribution is 2.44. The number of carboxylic acid groups (broad SMARTS) is 1. The highest BCUT2D eigenvalue weighted by atomic mass is 32.1. The first-order valence-corrected chi connectivity index (χ1v) is 13.2. The van der Waals surface area contributed by atoms with Crippen LogP contribution in [0.2, 0.25) is 0 Å². The van der Waals surface area contributed by atoms with E-state index in [-0.39, 0.29) is 27.9 Å². The van der Waals surface area contributed by atoms with Crippen molar-refractivity contribution in [2.45, 2.75) is 32.7 Å². The van der Waals surface area contributed by atoms with Crippen molar-refractivity contribution in [1.82, 2.24) is 9.97 Å². The Morgan fingerprint density at radius 3 is 2.51 bits per heavy atom. The van der Waals surface area contributed by atoms with Crippen molar-refractivity contribution in [2.24, 2.45) is 0 Å². The number of hydrogen-bond donors (Lipinski definition) is 2. The summed E-state index contributed by atoms with van der Waals surface area (Å²) < 4.78 is 6.27. The predicted octanol–water partition coefficient (Wildman–Crippen LogP) is 5.54. The van der Waals surface area contributed by atoms with E-state index in [4.69, 9.17) is 4.74 Å². The fourth-order valence-corrected chi connectivity index (χ4v) is 5.62. The Balaban J connectivity index is 1.69. The first kappa shape index (κ1) is 26.1. The number of pyridine rings is 1. The standard InChI is InChI=1S/C29H25N3O6S/c1-4-38-21-11-9-16(13-18(21)15(2)3)25(33)23-24(20-7-5-6-12-30-20)32(27(35)26(23)34)29-31-19-10-8-17(28(36)37)14-22(19)39-29/h5-15,24,33H,4H2,1-3H3,(H,36,37)/b25-23+. The fraction of sp³-hybridized carbons (Fsp3) is 0.207. The molecule has 4 aromatic rings. The molecule has 2 N–H and O–H groups in total. The van der Waals surface area contributed by atoms with Gasteiger partial charge in [-0.25, -0.2) is 9.78 Å². The number of Topliss-reactive ketones (excluding diaryl/α,β-unsaturated/α-hetero) is 1. The van der Waals surface area contributed by atoms with Gasteiger partial charge in [-0.3, -0.25) is 19.5 Å². The van der Waals surface area contributed by atoms with Crippen LogP contribution in [0.1, 0.15) is 59.9 Å². The summed E-state index contributed by atoms with van der Waals surface area (Å²) in [6.07, 6.45) is 1.54. The van der Waals surface area contributed by atoms with E-state index in [1.165, 1.54) is 17.0 Å². The Morgan fingerprint density at radius 2 is 1.85 bits per heavy atom. The van der Waals surface area contributed by atoms with Crippen molar-refractivity contribution in [1.29, 1.82) is 0 Å². The molecular weight excluding hydrogens is 518 g/mol. The van der Waals surface area contributed by atoms with Crippen molar-refractivity contribution >= 4 is 50.1 Å². The molecular formula is C29H25N3O6S. The quantitative estimate of drug-likeness (QED) is 0.177. The van der Waals surface area contributed by atoms with Gasteiger partial charge in [0.25, 0.3) is 5.78 Å². The zero-order chi connectivity index (χ0) is 27.8. The molecule has 3 heterocycles. The van der Waals surface area contributed by atoms with Crippen molar-refractivity contribution < 1.29 is 29.3 Å². The van der Waals surface area contributed by atoms with Crippen LogP contribution in [-0.2, 0) is 9.59 Å². The topological polar surface area (TPSA) is 130 Å². The van der Waals surface area contributed by atoms with E-state index in [1.807, 2.05) is 20.8 Å². The number of aromatic nitrogens is 2. The molecule has 198 valence electrons. The van der Waals surface area contributed by atoms with Crippen LogP contribution in [0.4, 0.5) is 5.13 Å². The largest absolute Gasteiger partial charge is 0.507 e. The number of rotatable bonds is 7. The molecule has 1 aliphatic rings. The van der Waals surface area contributed by atoms with Crippen molar-refractivity contribution in [3.63, 3.8) is 0 Å². The van der Waals surface area contributed by atoms with E-state index in [0.717, 1.165) is 16.9 Å². The van der Waals surface area contributed by atoms with Gasteiger partial charge in [0.1, 0.15) is 17.6 Å². The number of amides is 1. The number of nitrogens with zero attached hydrogens (tertiary/aromatic N) is 3. The molecule has 1 saturated heterocycles. The fourth-order valence-electron chi connectivity index (χ4n) is 4.59. The molecule has 1 aliphatic heterocycles. The van der Waals surface area contributed by atoms with Crippen LogP contribution in [0.15, 0.2) is 66.4 Å². The van der Waals surface area contributed by atoms with Gasteiger partial charge in [0.05, 0.1) is 33.7 Å². The summed E-state index contributed by atoms with van der Waals surface area (Å²) in [5, 5.41) is 21.1. The summed E-state index contributed by atoms with van der Waals surface area (Å²) in [5.41, 5.74) is 2.05. The van der Waals surface area contributed by atoms with Crippen LogP contribution in [0.5, 0.6) is 5.75 Å². The molecule has 1 fully saturated rings. The zero-order valence-electron chi connectivity index (χ0n) is 21.4. The number of hydrogen-bond acceptors (Lipinski definition) is 8. The van der Waals surface area contributed by atoms with E-state index < -0.39 is 23.7 Å². The number of benzene rings is 2. The van der Waals surface area contributed by atoms with Crippen LogP contribution in [0, 0.1) is 0 Å². The average Bonchev–Trinajstić information content (AvgIpc) is 3.46. The number of aliphatic hydroxyl groups is 1. The molecule has 2 aromatic heterocycles. The summed E-state index contributed by atoms with van der Waals surface area (Å²) >= 11 is 1.08. The Labute approximate surface area is 228 Å². The normalized spacial score (nSPS) is 16.8. The summed E-state index contributed by atoms with van der Waals surface area (Å²) in [6.45, 7) is 6.36. The number of thiazole rings is 1. The number of ketones is 1. The van der Waals surface area contributed by atoms with Crippen molar-refractivity contribution in [3.8, 4) is 5.75 Å². The Bertz CT molecular complexity index is 1640. The first-order valence-electron chi connectivity index (χ1n) is 12.3. The van der Waals surface area contributed by atoms with E-state index in [2.05, 4.69) is 9.97 Å². The molecule has 0 radical (unpaired) electrons. The molecule has 10 heteroatoms. The molecule has 0 aliphatic carbocycles. The lowest BCUT2D eigenvalue weighted by atomic mass is 9.94. The minimum Gasteiger partial charge on any atom is -0.507 e. The maximum atomic E-state index is 13.5. The van der Waals surface area contributed by atoms with Crippen LogP contribution in [0.3, 0.4) is 0 Å². The van der Waals surface area contributed by atoms with Gasteiger partial charge in [0.15, 0.2) is 5.13 Å². The van der Waals surface area contributed by atoms with Gasteiger partial charge in [0.2, 0.25) is 0 Å². The minimum atomic E-state index is -1.09. The first-order chi connectivity index (χ1) is 18.7. The van der Waals surface area contributed by atoms with Crippen molar-refractivity contribution in [2.75, 3.05) is 11.5 Å². The Kier molecular flexibility index (Phi) is 6.88. The Morgan fingerprint density at radius 1 is 1.08 bits per heavy atom. The number of carbonyl (C=O) groups is 3. The van der Waals surface area contributed by atoms with E-state index in [1.54, 1.807) is 48.7 Å². The molecule has 1 amide bonds. The summed E-state index contributed by atoms with van der Waals surface area (Å²) in [6, 6.07) is 13.7. The molecule has 9 nitrogen and oxygen atoms in total. The van der Waals surface area contributed by atoms with Crippen LogP contribution in [-0.4, -0.2) is 44.4 Å². The van der Waals surface area contributed by atoms with Gasteiger partial charge in [-0.2, -0.15) is 0 Å². The SMILES string of the molecule is CCOc1ccc(/C(O)=C2\C(=O)C(=O)N(c3nc4ccc(C(=O)O)cc4s3)C2c2ccccn2)cc1C(C)C. The molecule has 1 atom stereocenters. The molecule has 2 aromatic carbocycles. The summed E-state index contributed by atoms with van der Waals surface area (Å²) in [7, 11) is 0. The molecule has 5 rings (SSSR count). The number of aliphatic hydroxyl groups excluding tert-OH is 1. The molecule has 1 unspecified atom stereocenters. The zero-order valence-corrected chi connectivity index (χ0v) is 22.2. The third-order valence-electron chi connectivity index (χ3n) is 6.45. The lowest BCUT2D eigenvalue weighted by Gasteiger charge is -2.22. The van der Waals surface area contributed by atoms with Crippen LogP contribution in [0.25, 0.3) is 16.0 Å². The number of anilines is 1. The van der Waals surface area contributed by atoms with E-state index in [0.29, 0.717) is 33.8 Å². The monoisotopic (exact) mass is 543 g/mol. The van der Waals surface area contributed by atoms with Gasteiger partial charge < -0.3 is 14.9 Å². The van der Waals surface area contributed by atoms with Gasteiger partial charge in [-0.1, -0.05) is 31.3 Å². The van der Waals surface area contributed by atoms with E-state index in [9.17, 15) is 24.6 Å². The number of carboxylic acids is 1. The predicted molar refractivity (Wildman–Crippen MR) is 147 cm³/mol. The minimum absolute atomic E-state index is 0.0757. The maximum Gasteiger partial charge on any atom is 0.335 e. The highest BCUT2D eigenvalue weighted by molar-refractivity contribution is 7.22. The average molecular weight is 544 g/mol. The third kappa shape index (κ3) is 4.63. The second-order valence-corrected chi connectivity index (χ2v) is 10.3. The van der Waals surface area contributed by atoms with Gasteiger partial charge in [-0.15, -0.1) is 0 Å². The second kappa shape index (κ2) is 10.3. The molecule has 0 spiro atoms. The lowest BCUT2D eigenvalue weighted by Crippen LogP contribution is -2.29. The second-order valence-electron chi connectivity index (χ2n) is 9.25. The summed E-state index contributed by atoms with van der Waals surface area (Å²) in [4.78, 5) is 48.5. The number of ether oxygens (including phenoxy) is 1. The van der Waals surface area contributed by atoms with Gasteiger partial charge in [-0.05, 0) is 66.9 Å². The molecule has 39 heavy (non-hydrogen) atoms. The van der Waals surface area contributed by atoms with Crippen molar-refractivity contribution in [3.05, 3.63) is 88.8 Å². The van der Waals surface area contributed by atoms with Crippen LogP contribution < -0.4 is 9.64 Å². The third-order valence-corrected chi connectivity index (χ3v) is 7.47. The highest BCUT2D eigenvalue weighted by Gasteiger charge is 2.49. The molecule has 0 bridgehead atoms. The smallest absolute Gasteiger partial charge is 0.335 e. The Hall–Kier alpha value is -4.57.